The van der Waals surface area contributed by atoms with Crippen LogP contribution in [0, 0.1) is 0 Å². The lowest BCUT2D eigenvalue weighted by Gasteiger charge is -2.11. The van der Waals surface area contributed by atoms with Crippen LogP contribution in [0.2, 0.25) is 0 Å². The van der Waals surface area contributed by atoms with E-state index in [2.05, 4.69) is 5.32 Å². The molecule has 27 heavy (non-hydrogen) atoms. The topological polar surface area (TPSA) is 94.1 Å². The molecule has 0 aromatic heterocycles. The number of hydrogen-bond donors (Lipinski definition) is 2. The van der Waals surface area contributed by atoms with Crippen LogP contribution >= 0.6 is 0 Å². The van der Waals surface area contributed by atoms with E-state index >= 15 is 0 Å². The molecule has 0 bridgehead atoms. The van der Waals surface area contributed by atoms with Gasteiger partial charge < -0.3 is 19.3 Å². The SMILES string of the molecule is COc1ccc(OC)c(C(=O)C(C)=Cc2ccc(OC)c(NC(=O)O)c2)c1. The second-order valence-corrected chi connectivity index (χ2v) is 5.61. The summed E-state index contributed by atoms with van der Waals surface area (Å²) in [5.74, 6) is 1.14. The van der Waals surface area contributed by atoms with Gasteiger partial charge in [0.05, 0.1) is 32.6 Å². The van der Waals surface area contributed by atoms with Crippen molar-refractivity contribution < 1.29 is 28.9 Å². The van der Waals surface area contributed by atoms with E-state index in [4.69, 9.17) is 19.3 Å². The summed E-state index contributed by atoms with van der Waals surface area (Å²) in [6.45, 7) is 1.68. The number of benzene rings is 2. The van der Waals surface area contributed by atoms with E-state index in [0.29, 0.717) is 33.9 Å². The molecule has 7 nitrogen and oxygen atoms in total. The fourth-order valence-electron chi connectivity index (χ4n) is 2.55. The first-order valence-electron chi connectivity index (χ1n) is 8.02. The van der Waals surface area contributed by atoms with Crippen molar-refractivity contribution in [1.29, 1.82) is 0 Å². The van der Waals surface area contributed by atoms with Gasteiger partial charge in [0.2, 0.25) is 0 Å². The zero-order valence-corrected chi connectivity index (χ0v) is 15.5. The number of methoxy groups -OCH3 is 3. The van der Waals surface area contributed by atoms with Crippen LogP contribution in [0.15, 0.2) is 42.0 Å². The Morgan fingerprint density at radius 2 is 1.63 bits per heavy atom. The first-order valence-corrected chi connectivity index (χ1v) is 8.02. The summed E-state index contributed by atoms with van der Waals surface area (Å²) in [6.07, 6.45) is 0.455. The molecule has 0 spiro atoms. The van der Waals surface area contributed by atoms with Crippen molar-refractivity contribution in [3.05, 3.63) is 53.1 Å². The maximum absolute atomic E-state index is 12.8. The number of carboxylic acid groups (broad SMARTS) is 1. The van der Waals surface area contributed by atoms with Crippen LogP contribution in [0.3, 0.4) is 0 Å². The quantitative estimate of drug-likeness (QED) is 0.562. The molecule has 0 saturated heterocycles. The minimum Gasteiger partial charge on any atom is -0.497 e. The molecule has 0 aliphatic heterocycles. The van der Waals surface area contributed by atoms with Crippen molar-refractivity contribution >= 4 is 23.6 Å². The van der Waals surface area contributed by atoms with E-state index < -0.39 is 6.09 Å². The smallest absolute Gasteiger partial charge is 0.409 e. The molecule has 7 heteroatoms. The summed E-state index contributed by atoms with van der Waals surface area (Å²) in [4.78, 5) is 23.8. The number of carbonyl (C=O) groups is 2. The molecular formula is C20H21NO6. The second-order valence-electron chi connectivity index (χ2n) is 5.61. The maximum atomic E-state index is 12.8. The Hall–Kier alpha value is -3.48. The molecule has 142 valence electrons. The van der Waals surface area contributed by atoms with Gasteiger partial charge in [0.15, 0.2) is 5.78 Å². The van der Waals surface area contributed by atoms with Gasteiger partial charge in [0.25, 0.3) is 0 Å². The zero-order chi connectivity index (χ0) is 20.0. The highest BCUT2D eigenvalue weighted by molar-refractivity contribution is 6.12. The number of allylic oxidation sites excluding steroid dienone is 1. The molecule has 0 unspecified atom stereocenters. The van der Waals surface area contributed by atoms with E-state index in [1.54, 1.807) is 49.4 Å². The minimum atomic E-state index is -1.21. The third-order valence-corrected chi connectivity index (χ3v) is 3.86. The third-order valence-electron chi connectivity index (χ3n) is 3.86. The summed E-state index contributed by atoms with van der Waals surface area (Å²) in [7, 11) is 4.46. The molecule has 2 aromatic carbocycles. The zero-order valence-electron chi connectivity index (χ0n) is 15.5. The fraction of sp³-hybridized carbons (Fsp3) is 0.200. The highest BCUT2D eigenvalue weighted by Crippen LogP contribution is 2.29. The Kier molecular flexibility index (Phi) is 6.43. The Morgan fingerprint density at radius 3 is 2.22 bits per heavy atom. The molecule has 0 saturated carbocycles. The summed E-state index contributed by atoms with van der Waals surface area (Å²) in [5.41, 5.74) is 1.77. The van der Waals surface area contributed by atoms with Gasteiger partial charge in [0.1, 0.15) is 17.2 Å². The predicted octanol–water partition coefficient (Wildman–Crippen LogP) is 4.09. The normalized spacial score (nSPS) is 10.9. The average Bonchev–Trinajstić information content (AvgIpc) is 2.66. The Labute approximate surface area is 157 Å². The van der Waals surface area contributed by atoms with Crippen LogP contribution in [-0.2, 0) is 0 Å². The van der Waals surface area contributed by atoms with Gasteiger partial charge in [-0.15, -0.1) is 0 Å². The molecule has 2 N–H and O–H groups in total. The minimum absolute atomic E-state index is 0.227. The molecular weight excluding hydrogens is 350 g/mol. The molecule has 0 atom stereocenters. The standard InChI is InChI=1S/C20H21NO6/c1-12(19(22)15-11-14(25-2)6-8-17(15)26-3)9-13-5-7-18(27-4)16(10-13)21-20(23)24/h5-11,21H,1-4H3,(H,23,24). The molecule has 1 amide bonds. The van der Waals surface area contributed by atoms with E-state index in [1.807, 2.05) is 0 Å². The van der Waals surface area contributed by atoms with Gasteiger partial charge >= 0.3 is 6.09 Å². The number of hydrogen-bond acceptors (Lipinski definition) is 5. The van der Waals surface area contributed by atoms with Crippen molar-refractivity contribution in [3.8, 4) is 17.2 Å². The number of Topliss-reactive ketones (excluding diaryl/α,β-unsaturated/α-hetero) is 1. The molecule has 0 fully saturated rings. The van der Waals surface area contributed by atoms with Crippen LogP contribution in [0.1, 0.15) is 22.8 Å². The van der Waals surface area contributed by atoms with E-state index in [9.17, 15) is 9.59 Å². The van der Waals surface area contributed by atoms with Gasteiger partial charge in [-0.2, -0.15) is 0 Å². The molecule has 2 rings (SSSR count). The highest BCUT2D eigenvalue weighted by atomic mass is 16.5. The van der Waals surface area contributed by atoms with Gasteiger partial charge in [-0.05, 0) is 54.5 Å². The third kappa shape index (κ3) is 4.78. The summed E-state index contributed by atoms with van der Waals surface area (Å²) in [5, 5.41) is 11.2. The molecule has 0 aliphatic rings. The van der Waals surface area contributed by atoms with Gasteiger partial charge in [-0.1, -0.05) is 6.07 Å². The Morgan fingerprint density at radius 1 is 0.963 bits per heavy atom. The molecule has 0 radical (unpaired) electrons. The van der Waals surface area contributed by atoms with Crippen molar-refractivity contribution in [2.75, 3.05) is 26.6 Å². The van der Waals surface area contributed by atoms with Crippen molar-refractivity contribution in [3.63, 3.8) is 0 Å². The monoisotopic (exact) mass is 371 g/mol. The molecule has 2 aromatic rings. The first kappa shape index (κ1) is 19.8. The van der Waals surface area contributed by atoms with Crippen LogP contribution in [0.4, 0.5) is 10.5 Å². The second kappa shape index (κ2) is 8.75. The molecule has 0 aliphatic carbocycles. The Balaban J connectivity index is 2.39. The van der Waals surface area contributed by atoms with Crippen molar-refractivity contribution in [2.45, 2.75) is 6.92 Å². The number of rotatable bonds is 7. The van der Waals surface area contributed by atoms with Crippen molar-refractivity contribution in [2.24, 2.45) is 0 Å². The van der Waals surface area contributed by atoms with Gasteiger partial charge in [-0.25, -0.2) is 4.79 Å². The lowest BCUT2D eigenvalue weighted by atomic mass is 10.0. The maximum Gasteiger partial charge on any atom is 0.409 e. The van der Waals surface area contributed by atoms with Crippen LogP contribution in [-0.4, -0.2) is 38.3 Å². The molecule has 0 heterocycles. The summed E-state index contributed by atoms with van der Waals surface area (Å²) >= 11 is 0. The highest BCUT2D eigenvalue weighted by Gasteiger charge is 2.16. The van der Waals surface area contributed by atoms with E-state index in [-0.39, 0.29) is 11.5 Å². The largest absolute Gasteiger partial charge is 0.497 e. The van der Waals surface area contributed by atoms with Crippen molar-refractivity contribution in [1.82, 2.24) is 0 Å². The lowest BCUT2D eigenvalue weighted by molar-refractivity contribution is 0.103. The summed E-state index contributed by atoms with van der Waals surface area (Å²) < 4.78 is 15.6. The predicted molar refractivity (Wildman–Crippen MR) is 102 cm³/mol. The Bertz CT molecular complexity index is 888. The van der Waals surface area contributed by atoms with Crippen LogP contribution in [0.5, 0.6) is 17.2 Å². The summed E-state index contributed by atoms with van der Waals surface area (Å²) in [6, 6.07) is 9.94. The number of ether oxygens (including phenoxy) is 3. The van der Waals surface area contributed by atoms with E-state index in [1.165, 1.54) is 21.3 Å². The van der Waals surface area contributed by atoms with Crippen LogP contribution < -0.4 is 19.5 Å². The lowest BCUT2D eigenvalue weighted by Crippen LogP contribution is -2.08. The number of ketones is 1. The van der Waals surface area contributed by atoms with E-state index in [0.717, 1.165) is 0 Å². The fourth-order valence-corrected chi connectivity index (χ4v) is 2.55. The number of anilines is 1. The number of nitrogens with one attached hydrogen (secondary N) is 1. The number of carbonyl (C=O) groups excluding carboxylic acids is 1. The van der Waals surface area contributed by atoms with Gasteiger partial charge in [-0.3, -0.25) is 10.1 Å². The average molecular weight is 371 g/mol. The first-order chi connectivity index (χ1) is 12.9. The van der Waals surface area contributed by atoms with Gasteiger partial charge in [0, 0.05) is 0 Å². The number of amides is 1. The van der Waals surface area contributed by atoms with Crippen LogP contribution in [0.25, 0.3) is 6.08 Å².